The number of benzene rings is 1. The summed E-state index contributed by atoms with van der Waals surface area (Å²) < 4.78 is 1.06. The molecular weight excluding hydrogens is 266 g/mol. The largest absolute Gasteiger partial charge is 0.343 e. The van der Waals surface area contributed by atoms with Crippen molar-refractivity contribution in [3.63, 3.8) is 0 Å². The molecule has 3 rings (SSSR count). The van der Waals surface area contributed by atoms with Gasteiger partial charge in [-0.2, -0.15) is 0 Å². The number of nitrogens with one attached hydrogen (secondary N) is 1. The normalized spacial score (nSPS) is 10.8. The number of nitrogens with zero attached hydrogens (tertiary/aromatic N) is 2. The van der Waals surface area contributed by atoms with E-state index in [-0.39, 0.29) is 0 Å². The van der Waals surface area contributed by atoms with Gasteiger partial charge in [-0.15, -0.1) is 0 Å². The Morgan fingerprint density at radius 2 is 2.00 bits per heavy atom. The molecule has 0 aliphatic rings. The van der Waals surface area contributed by atoms with Gasteiger partial charge in [-0.1, -0.05) is 28.1 Å². The van der Waals surface area contributed by atoms with E-state index in [0.29, 0.717) is 0 Å². The van der Waals surface area contributed by atoms with Crippen molar-refractivity contribution < 1.29 is 0 Å². The van der Waals surface area contributed by atoms with Crippen LogP contribution in [0.2, 0.25) is 0 Å². The predicted molar refractivity (Wildman–Crippen MR) is 67.0 cm³/mol. The molecular formula is C12H8BrN3. The first kappa shape index (κ1) is 9.54. The van der Waals surface area contributed by atoms with E-state index in [0.717, 1.165) is 26.8 Å². The van der Waals surface area contributed by atoms with Crippen LogP contribution in [0.4, 0.5) is 0 Å². The van der Waals surface area contributed by atoms with Crippen LogP contribution in [0.1, 0.15) is 0 Å². The molecule has 1 N–H and O–H groups in total. The molecule has 2 aromatic heterocycles. The van der Waals surface area contributed by atoms with Gasteiger partial charge in [0.15, 0.2) is 5.65 Å². The summed E-state index contributed by atoms with van der Waals surface area (Å²) in [5.74, 6) is 0. The van der Waals surface area contributed by atoms with E-state index in [4.69, 9.17) is 0 Å². The molecule has 1 aromatic carbocycles. The third-order valence-electron chi connectivity index (χ3n) is 2.43. The van der Waals surface area contributed by atoms with Crippen LogP contribution in [0.25, 0.3) is 22.3 Å². The van der Waals surface area contributed by atoms with Crippen LogP contribution < -0.4 is 0 Å². The Morgan fingerprint density at radius 1 is 1.06 bits per heavy atom. The van der Waals surface area contributed by atoms with Crippen LogP contribution in [0.3, 0.4) is 0 Å². The molecule has 4 heteroatoms. The highest BCUT2D eigenvalue weighted by molar-refractivity contribution is 9.10. The van der Waals surface area contributed by atoms with Crippen molar-refractivity contribution in [2.45, 2.75) is 0 Å². The number of fused-ring (bicyclic) bond motifs is 1. The van der Waals surface area contributed by atoms with Gasteiger partial charge >= 0.3 is 0 Å². The van der Waals surface area contributed by atoms with Crippen molar-refractivity contribution in [2.24, 2.45) is 0 Å². The lowest BCUT2D eigenvalue weighted by molar-refractivity contribution is 1.30. The number of hydrogen-bond donors (Lipinski definition) is 1. The zero-order chi connectivity index (χ0) is 11.0. The van der Waals surface area contributed by atoms with E-state index in [1.807, 2.05) is 18.3 Å². The topological polar surface area (TPSA) is 41.6 Å². The quantitative estimate of drug-likeness (QED) is 0.739. The van der Waals surface area contributed by atoms with Gasteiger partial charge in [0.05, 0.1) is 11.8 Å². The van der Waals surface area contributed by atoms with E-state index in [2.05, 4.69) is 49.1 Å². The fourth-order valence-electron chi connectivity index (χ4n) is 1.66. The lowest BCUT2D eigenvalue weighted by Crippen LogP contribution is -1.82. The Hall–Kier alpha value is -1.68. The van der Waals surface area contributed by atoms with E-state index in [1.54, 1.807) is 6.33 Å². The number of H-pyrrole nitrogens is 1. The van der Waals surface area contributed by atoms with Gasteiger partial charge in [-0.05, 0) is 23.8 Å². The number of pyridine rings is 1. The van der Waals surface area contributed by atoms with Gasteiger partial charge in [0.25, 0.3) is 0 Å². The van der Waals surface area contributed by atoms with E-state index in [9.17, 15) is 0 Å². The number of imidazole rings is 1. The average Bonchev–Trinajstić information content (AvgIpc) is 2.75. The van der Waals surface area contributed by atoms with Gasteiger partial charge in [-0.25, -0.2) is 9.97 Å². The number of rotatable bonds is 1. The second kappa shape index (κ2) is 3.72. The molecule has 0 aliphatic carbocycles. The van der Waals surface area contributed by atoms with Crippen LogP contribution in [0, 0.1) is 0 Å². The van der Waals surface area contributed by atoms with Crippen LogP contribution in [-0.4, -0.2) is 15.0 Å². The summed E-state index contributed by atoms with van der Waals surface area (Å²) in [4.78, 5) is 11.4. The smallest absolute Gasteiger partial charge is 0.177 e. The molecule has 78 valence electrons. The van der Waals surface area contributed by atoms with Gasteiger partial charge < -0.3 is 4.98 Å². The molecule has 0 saturated heterocycles. The molecule has 2 heterocycles. The van der Waals surface area contributed by atoms with Crippen molar-refractivity contribution in [3.05, 3.63) is 47.3 Å². The van der Waals surface area contributed by atoms with E-state index in [1.165, 1.54) is 0 Å². The molecule has 3 aromatic rings. The fourth-order valence-corrected chi connectivity index (χ4v) is 2.05. The summed E-state index contributed by atoms with van der Waals surface area (Å²) in [6, 6.07) is 10.2. The summed E-state index contributed by atoms with van der Waals surface area (Å²) in [5, 5.41) is 0. The second-order valence-corrected chi connectivity index (χ2v) is 4.42. The Labute approximate surface area is 101 Å². The standard InChI is InChI=1S/C12H8BrN3/c13-10-3-1-2-8(4-10)9-5-11-12(14-6-9)16-7-15-11/h1-7H,(H,14,15,16). The molecule has 0 unspecified atom stereocenters. The number of aromatic amines is 1. The van der Waals surface area contributed by atoms with Crippen LogP contribution in [-0.2, 0) is 0 Å². The maximum absolute atomic E-state index is 4.29. The SMILES string of the molecule is Brc1cccc(-c2cnc3nc[nH]c3c2)c1. The molecule has 0 aliphatic heterocycles. The Balaban J connectivity index is 2.18. The number of aromatic nitrogens is 3. The molecule has 0 amide bonds. The van der Waals surface area contributed by atoms with Gasteiger partial charge in [0.1, 0.15) is 0 Å². The van der Waals surface area contributed by atoms with Crippen LogP contribution in [0.15, 0.2) is 47.3 Å². The minimum absolute atomic E-state index is 0.749. The van der Waals surface area contributed by atoms with Crippen LogP contribution in [0.5, 0.6) is 0 Å². The first-order valence-electron chi connectivity index (χ1n) is 4.88. The van der Waals surface area contributed by atoms with Gasteiger partial charge in [0.2, 0.25) is 0 Å². The lowest BCUT2D eigenvalue weighted by atomic mass is 10.1. The highest BCUT2D eigenvalue weighted by atomic mass is 79.9. The highest BCUT2D eigenvalue weighted by Crippen LogP contribution is 2.23. The first-order chi connectivity index (χ1) is 7.83. The molecule has 0 bridgehead atoms. The molecule has 0 spiro atoms. The third kappa shape index (κ3) is 1.61. The predicted octanol–water partition coefficient (Wildman–Crippen LogP) is 3.39. The molecule has 0 radical (unpaired) electrons. The third-order valence-corrected chi connectivity index (χ3v) is 2.92. The zero-order valence-corrected chi connectivity index (χ0v) is 9.90. The Bertz CT molecular complexity index is 645. The molecule has 3 nitrogen and oxygen atoms in total. The summed E-state index contributed by atoms with van der Waals surface area (Å²) in [6.07, 6.45) is 3.49. The minimum Gasteiger partial charge on any atom is -0.343 e. The zero-order valence-electron chi connectivity index (χ0n) is 8.31. The molecule has 0 fully saturated rings. The highest BCUT2D eigenvalue weighted by Gasteiger charge is 2.02. The summed E-state index contributed by atoms with van der Waals surface area (Å²) in [7, 11) is 0. The maximum Gasteiger partial charge on any atom is 0.177 e. The number of halogens is 1. The molecule has 0 saturated carbocycles. The second-order valence-electron chi connectivity index (χ2n) is 3.51. The van der Waals surface area contributed by atoms with Gasteiger partial charge in [0, 0.05) is 16.2 Å². The van der Waals surface area contributed by atoms with Crippen molar-refractivity contribution in [2.75, 3.05) is 0 Å². The number of hydrogen-bond acceptors (Lipinski definition) is 2. The molecule has 0 atom stereocenters. The minimum atomic E-state index is 0.749. The van der Waals surface area contributed by atoms with Crippen molar-refractivity contribution in [1.29, 1.82) is 0 Å². The summed E-state index contributed by atoms with van der Waals surface area (Å²) in [5.41, 5.74) is 3.92. The Kier molecular flexibility index (Phi) is 2.22. The lowest BCUT2D eigenvalue weighted by Gasteiger charge is -2.01. The monoisotopic (exact) mass is 273 g/mol. The Morgan fingerprint density at radius 3 is 2.88 bits per heavy atom. The van der Waals surface area contributed by atoms with E-state index < -0.39 is 0 Å². The molecule has 16 heavy (non-hydrogen) atoms. The van der Waals surface area contributed by atoms with Gasteiger partial charge in [-0.3, -0.25) is 0 Å². The van der Waals surface area contributed by atoms with Crippen molar-refractivity contribution in [1.82, 2.24) is 15.0 Å². The fraction of sp³-hybridized carbons (Fsp3) is 0. The van der Waals surface area contributed by atoms with Crippen LogP contribution >= 0.6 is 15.9 Å². The average molecular weight is 274 g/mol. The first-order valence-corrected chi connectivity index (χ1v) is 5.67. The summed E-state index contributed by atoms with van der Waals surface area (Å²) in [6.45, 7) is 0. The maximum atomic E-state index is 4.29. The van der Waals surface area contributed by atoms with E-state index >= 15 is 0 Å². The summed E-state index contributed by atoms with van der Waals surface area (Å²) >= 11 is 3.46. The van der Waals surface area contributed by atoms with Crippen molar-refractivity contribution in [3.8, 4) is 11.1 Å². The van der Waals surface area contributed by atoms with Crippen molar-refractivity contribution >= 4 is 27.1 Å².